The number of aryl methyl sites for hydroxylation is 1. The van der Waals surface area contributed by atoms with Gasteiger partial charge in [-0.15, -0.1) is 0 Å². The van der Waals surface area contributed by atoms with E-state index < -0.39 is 28.3 Å². The highest BCUT2D eigenvalue weighted by atomic mass is 32.2. The van der Waals surface area contributed by atoms with Crippen molar-refractivity contribution in [2.24, 2.45) is 0 Å². The lowest BCUT2D eigenvalue weighted by atomic mass is 10.1. The Kier molecular flexibility index (Phi) is 13.4. The summed E-state index contributed by atoms with van der Waals surface area (Å²) in [6.07, 6.45) is 10.8. The molecular formula is C23H41N3O4S. The highest BCUT2D eigenvalue weighted by molar-refractivity contribution is 7.90. The third-order valence-corrected chi connectivity index (χ3v) is 6.25. The molecule has 2 atom stereocenters. The van der Waals surface area contributed by atoms with Gasteiger partial charge >= 0.3 is 0 Å². The molecule has 1 aromatic carbocycles. The second-order valence-electron chi connectivity index (χ2n) is 8.28. The predicted octanol–water partition coefficient (Wildman–Crippen LogP) is 4.03. The fourth-order valence-electron chi connectivity index (χ4n) is 3.28. The molecule has 0 saturated heterocycles. The van der Waals surface area contributed by atoms with Gasteiger partial charge < -0.3 is 10.4 Å². The van der Waals surface area contributed by atoms with Crippen LogP contribution in [0.25, 0.3) is 0 Å². The normalized spacial score (nSPS) is 13.5. The highest BCUT2D eigenvalue weighted by Crippen LogP contribution is 2.11. The van der Waals surface area contributed by atoms with E-state index in [9.17, 15) is 18.3 Å². The minimum absolute atomic E-state index is 0.383. The standard InChI is InChI=1S/C23H41N3O4S/c1-4-5-6-7-8-9-10-11-12-13-18-24-23(28)22(20(3)27)26-31(29,30)25-21-16-14-19(2)15-17-21/h14-17,20,22,25-27H,4-13,18H2,1-3H3,(H,24,28)/t20-,22+/m1/s1. The SMILES string of the molecule is CCCCCCCCCCCCNC(=O)[C@@H](NS(=O)(=O)Nc1ccc(C)cc1)[C@@H](C)O. The average molecular weight is 456 g/mol. The lowest BCUT2D eigenvalue weighted by Crippen LogP contribution is -2.53. The van der Waals surface area contributed by atoms with E-state index in [1.165, 1.54) is 51.9 Å². The number of carbonyl (C=O) groups excluding carboxylic acids is 1. The summed E-state index contributed by atoms with van der Waals surface area (Å²) in [5.41, 5.74) is 1.39. The molecular weight excluding hydrogens is 414 g/mol. The summed E-state index contributed by atoms with van der Waals surface area (Å²) in [5.74, 6) is -0.528. The minimum Gasteiger partial charge on any atom is -0.391 e. The van der Waals surface area contributed by atoms with Crippen LogP contribution in [0.2, 0.25) is 0 Å². The fraction of sp³-hybridized carbons (Fsp3) is 0.696. The van der Waals surface area contributed by atoms with E-state index in [1.807, 2.05) is 6.92 Å². The number of unbranched alkanes of at least 4 members (excludes halogenated alkanes) is 9. The second-order valence-corrected chi connectivity index (χ2v) is 9.73. The van der Waals surface area contributed by atoms with Crippen LogP contribution in [0.3, 0.4) is 0 Å². The van der Waals surface area contributed by atoms with E-state index in [4.69, 9.17) is 0 Å². The molecule has 0 aliphatic heterocycles. The molecule has 0 heterocycles. The van der Waals surface area contributed by atoms with Crippen molar-refractivity contribution >= 4 is 21.8 Å². The van der Waals surface area contributed by atoms with Crippen LogP contribution < -0.4 is 14.8 Å². The van der Waals surface area contributed by atoms with Crippen molar-refractivity contribution in [2.75, 3.05) is 11.3 Å². The Morgan fingerprint density at radius 3 is 1.97 bits per heavy atom. The maximum absolute atomic E-state index is 12.4. The number of nitrogens with one attached hydrogen (secondary N) is 3. The van der Waals surface area contributed by atoms with Gasteiger partial charge in [0, 0.05) is 12.2 Å². The van der Waals surface area contributed by atoms with Gasteiger partial charge in [0.1, 0.15) is 6.04 Å². The molecule has 0 saturated carbocycles. The van der Waals surface area contributed by atoms with E-state index >= 15 is 0 Å². The molecule has 0 bridgehead atoms. The number of carbonyl (C=O) groups is 1. The molecule has 0 unspecified atom stereocenters. The van der Waals surface area contributed by atoms with Crippen LogP contribution in [-0.4, -0.2) is 38.1 Å². The molecule has 0 fully saturated rings. The van der Waals surface area contributed by atoms with Crippen LogP contribution in [0.1, 0.15) is 83.6 Å². The highest BCUT2D eigenvalue weighted by Gasteiger charge is 2.28. The van der Waals surface area contributed by atoms with Crippen LogP contribution in [0.4, 0.5) is 5.69 Å². The zero-order chi connectivity index (χ0) is 23.1. The minimum atomic E-state index is -4.01. The Morgan fingerprint density at radius 2 is 1.45 bits per heavy atom. The zero-order valence-corrected chi connectivity index (χ0v) is 20.1. The Hall–Kier alpha value is -1.64. The van der Waals surface area contributed by atoms with Crippen LogP contribution >= 0.6 is 0 Å². The maximum Gasteiger partial charge on any atom is 0.299 e. The summed E-state index contributed by atoms with van der Waals surface area (Å²) in [6, 6.07) is 5.58. The molecule has 1 aromatic rings. The van der Waals surface area contributed by atoms with Gasteiger partial charge in [-0.3, -0.25) is 9.52 Å². The Balaban J connectivity index is 2.31. The summed E-state index contributed by atoms with van der Waals surface area (Å²) in [6.45, 7) is 5.98. The van der Waals surface area contributed by atoms with Crippen molar-refractivity contribution < 1.29 is 18.3 Å². The first kappa shape index (κ1) is 27.4. The van der Waals surface area contributed by atoms with Gasteiger partial charge in [0.25, 0.3) is 10.2 Å². The number of benzene rings is 1. The van der Waals surface area contributed by atoms with Gasteiger partial charge in [0.15, 0.2) is 0 Å². The zero-order valence-electron chi connectivity index (χ0n) is 19.3. The van der Waals surface area contributed by atoms with Crippen LogP contribution in [0, 0.1) is 6.92 Å². The molecule has 31 heavy (non-hydrogen) atoms. The lowest BCUT2D eigenvalue weighted by molar-refractivity contribution is -0.124. The lowest BCUT2D eigenvalue weighted by Gasteiger charge is -2.21. The van der Waals surface area contributed by atoms with Crippen molar-refractivity contribution in [1.29, 1.82) is 0 Å². The van der Waals surface area contributed by atoms with Crippen molar-refractivity contribution in [3.05, 3.63) is 29.8 Å². The van der Waals surface area contributed by atoms with E-state index in [0.717, 1.165) is 24.8 Å². The average Bonchev–Trinajstić information content (AvgIpc) is 2.71. The number of amides is 1. The first-order chi connectivity index (χ1) is 14.7. The molecule has 0 radical (unpaired) electrons. The third-order valence-electron chi connectivity index (χ3n) is 5.18. The summed E-state index contributed by atoms with van der Waals surface area (Å²) in [7, 11) is -4.01. The molecule has 0 aliphatic carbocycles. The quantitative estimate of drug-likeness (QED) is 0.266. The van der Waals surface area contributed by atoms with E-state index in [2.05, 4.69) is 21.7 Å². The van der Waals surface area contributed by atoms with Gasteiger partial charge in [-0.25, -0.2) is 0 Å². The number of aliphatic hydroxyl groups is 1. The molecule has 4 N–H and O–H groups in total. The number of rotatable bonds is 17. The van der Waals surface area contributed by atoms with Gasteiger partial charge in [0.05, 0.1) is 6.10 Å². The second kappa shape index (κ2) is 15.2. The van der Waals surface area contributed by atoms with Crippen LogP contribution in [-0.2, 0) is 15.0 Å². The summed E-state index contributed by atoms with van der Waals surface area (Å²) in [5, 5.41) is 12.6. The fourth-order valence-corrected chi connectivity index (χ4v) is 4.42. The van der Waals surface area contributed by atoms with E-state index in [-0.39, 0.29) is 0 Å². The smallest absolute Gasteiger partial charge is 0.299 e. The van der Waals surface area contributed by atoms with Crippen molar-refractivity contribution in [3.8, 4) is 0 Å². The molecule has 0 aliphatic rings. The van der Waals surface area contributed by atoms with E-state index in [1.54, 1.807) is 24.3 Å². The maximum atomic E-state index is 12.4. The summed E-state index contributed by atoms with van der Waals surface area (Å²) < 4.78 is 29.3. The van der Waals surface area contributed by atoms with Gasteiger partial charge in [-0.2, -0.15) is 13.1 Å². The number of hydrogen-bond donors (Lipinski definition) is 4. The number of anilines is 1. The molecule has 1 rings (SSSR count). The topological polar surface area (TPSA) is 108 Å². The predicted molar refractivity (Wildman–Crippen MR) is 127 cm³/mol. The molecule has 0 aromatic heterocycles. The summed E-state index contributed by atoms with van der Waals surface area (Å²) >= 11 is 0. The van der Waals surface area contributed by atoms with Crippen LogP contribution in [0.5, 0.6) is 0 Å². The third kappa shape index (κ3) is 12.7. The van der Waals surface area contributed by atoms with Crippen molar-refractivity contribution in [2.45, 2.75) is 97.1 Å². The van der Waals surface area contributed by atoms with Gasteiger partial charge in [0.2, 0.25) is 5.91 Å². The van der Waals surface area contributed by atoms with Gasteiger partial charge in [-0.1, -0.05) is 82.4 Å². The monoisotopic (exact) mass is 455 g/mol. The number of hydrogen-bond acceptors (Lipinski definition) is 4. The first-order valence-electron chi connectivity index (χ1n) is 11.6. The van der Waals surface area contributed by atoms with Crippen molar-refractivity contribution in [3.63, 3.8) is 0 Å². The largest absolute Gasteiger partial charge is 0.391 e. The Morgan fingerprint density at radius 1 is 0.935 bits per heavy atom. The van der Waals surface area contributed by atoms with Gasteiger partial charge in [-0.05, 0) is 32.4 Å². The van der Waals surface area contributed by atoms with E-state index in [0.29, 0.717) is 12.2 Å². The summed E-state index contributed by atoms with van der Waals surface area (Å²) in [4.78, 5) is 12.4. The molecule has 0 spiro atoms. The number of aliphatic hydroxyl groups excluding tert-OH is 1. The molecule has 8 heteroatoms. The Bertz CT molecular complexity index is 721. The molecule has 7 nitrogen and oxygen atoms in total. The first-order valence-corrected chi connectivity index (χ1v) is 13.1. The Labute approximate surface area is 188 Å². The molecule has 178 valence electrons. The van der Waals surface area contributed by atoms with Crippen LogP contribution in [0.15, 0.2) is 24.3 Å². The van der Waals surface area contributed by atoms with Crippen molar-refractivity contribution in [1.82, 2.24) is 10.0 Å². The molecule has 1 amide bonds.